The van der Waals surface area contributed by atoms with Crippen LogP contribution in [0.15, 0.2) is 23.1 Å². The molecule has 0 heterocycles. The standard InChI is InChI=1S/C17H26ClN3O6S/c1-11(19-16(23)27-17(2,3)4)10-26-20-15(22)12-7-8-13(18)14(9-12)28(24,25)21(5)6/h7-9,11H,10H2,1-6H3,(H,19,23)(H,20,22). The van der Waals surface area contributed by atoms with E-state index in [4.69, 9.17) is 21.2 Å². The number of hydroxylamine groups is 1. The van der Waals surface area contributed by atoms with Crippen LogP contribution in [0.25, 0.3) is 0 Å². The number of hydrogen-bond acceptors (Lipinski definition) is 6. The highest BCUT2D eigenvalue weighted by Gasteiger charge is 2.23. The second-order valence-corrected chi connectivity index (χ2v) is 9.75. The minimum atomic E-state index is -3.81. The van der Waals surface area contributed by atoms with E-state index in [1.807, 2.05) is 0 Å². The summed E-state index contributed by atoms with van der Waals surface area (Å²) in [6.45, 7) is 6.86. The Hall–Kier alpha value is -1.88. The van der Waals surface area contributed by atoms with Crippen LogP contribution in [0.3, 0.4) is 0 Å². The van der Waals surface area contributed by atoms with E-state index < -0.39 is 33.7 Å². The lowest BCUT2D eigenvalue weighted by atomic mass is 10.2. The third-order valence-corrected chi connectivity index (χ3v) is 5.51. The number of halogens is 1. The average Bonchev–Trinajstić information content (AvgIpc) is 2.52. The second kappa shape index (κ2) is 9.55. The topological polar surface area (TPSA) is 114 Å². The predicted octanol–water partition coefficient (Wildman–Crippen LogP) is 2.16. The Labute approximate surface area is 170 Å². The maximum absolute atomic E-state index is 12.3. The molecule has 9 nitrogen and oxygen atoms in total. The number of carbonyl (C=O) groups is 2. The molecule has 2 amide bonds. The quantitative estimate of drug-likeness (QED) is 0.634. The van der Waals surface area contributed by atoms with Crippen molar-refractivity contribution >= 4 is 33.6 Å². The minimum absolute atomic E-state index is 0.00125. The average molecular weight is 436 g/mol. The number of nitrogens with zero attached hydrogens (tertiary/aromatic N) is 1. The number of amides is 2. The monoisotopic (exact) mass is 435 g/mol. The van der Waals surface area contributed by atoms with E-state index in [2.05, 4.69) is 10.8 Å². The number of rotatable bonds is 7. The van der Waals surface area contributed by atoms with Gasteiger partial charge in [0.15, 0.2) is 0 Å². The van der Waals surface area contributed by atoms with Crippen LogP contribution < -0.4 is 10.8 Å². The van der Waals surface area contributed by atoms with Crippen LogP contribution in [0, 0.1) is 0 Å². The second-order valence-electron chi connectivity index (χ2n) is 7.22. The fraction of sp³-hybridized carbons (Fsp3) is 0.529. The summed E-state index contributed by atoms with van der Waals surface area (Å²) >= 11 is 5.95. The molecular formula is C17H26ClN3O6S. The SMILES string of the molecule is CC(CONC(=O)c1ccc(Cl)c(S(=O)(=O)N(C)C)c1)NC(=O)OC(C)(C)C. The normalized spacial score (nSPS) is 13.1. The molecule has 1 aromatic carbocycles. The Kier molecular flexibility index (Phi) is 8.24. The maximum atomic E-state index is 12.3. The van der Waals surface area contributed by atoms with Gasteiger partial charge in [-0.2, -0.15) is 0 Å². The zero-order valence-electron chi connectivity index (χ0n) is 16.7. The van der Waals surface area contributed by atoms with E-state index in [1.165, 1.54) is 32.3 Å². The van der Waals surface area contributed by atoms with E-state index in [0.29, 0.717) is 0 Å². The highest BCUT2D eigenvalue weighted by Crippen LogP contribution is 2.24. The van der Waals surface area contributed by atoms with Gasteiger partial charge in [0, 0.05) is 19.7 Å². The van der Waals surface area contributed by atoms with Gasteiger partial charge in [0.2, 0.25) is 10.0 Å². The smallest absolute Gasteiger partial charge is 0.407 e. The molecule has 11 heteroatoms. The first-order valence-electron chi connectivity index (χ1n) is 8.38. The summed E-state index contributed by atoms with van der Waals surface area (Å²) in [5.41, 5.74) is 1.62. The number of benzene rings is 1. The molecule has 0 saturated carbocycles. The first-order valence-corrected chi connectivity index (χ1v) is 10.2. The van der Waals surface area contributed by atoms with Gasteiger partial charge in [-0.3, -0.25) is 9.63 Å². The van der Waals surface area contributed by atoms with E-state index in [1.54, 1.807) is 27.7 Å². The number of sulfonamides is 1. The van der Waals surface area contributed by atoms with E-state index in [9.17, 15) is 18.0 Å². The lowest BCUT2D eigenvalue weighted by Gasteiger charge is -2.21. The lowest BCUT2D eigenvalue weighted by Crippen LogP contribution is -2.41. The van der Waals surface area contributed by atoms with Gasteiger partial charge >= 0.3 is 6.09 Å². The number of hydrogen-bond donors (Lipinski definition) is 2. The Morgan fingerprint density at radius 3 is 2.39 bits per heavy atom. The molecule has 0 bridgehead atoms. The van der Waals surface area contributed by atoms with Gasteiger partial charge in [-0.25, -0.2) is 23.0 Å². The zero-order valence-corrected chi connectivity index (χ0v) is 18.3. The predicted molar refractivity (Wildman–Crippen MR) is 105 cm³/mol. The van der Waals surface area contributed by atoms with Crippen molar-refractivity contribution in [3.05, 3.63) is 28.8 Å². The molecule has 2 N–H and O–H groups in total. The molecule has 0 fully saturated rings. The molecule has 0 saturated heterocycles. The van der Waals surface area contributed by atoms with E-state index in [-0.39, 0.29) is 22.1 Å². The molecule has 0 radical (unpaired) electrons. The van der Waals surface area contributed by atoms with Crippen molar-refractivity contribution < 1.29 is 27.6 Å². The third kappa shape index (κ3) is 7.27. The fourth-order valence-electron chi connectivity index (χ4n) is 1.88. The summed E-state index contributed by atoms with van der Waals surface area (Å²) in [4.78, 5) is 28.7. The minimum Gasteiger partial charge on any atom is -0.444 e. The van der Waals surface area contributed by atoms with Crippen molar-refractivity contribution in [2.24, 2.45) is 0 Å². The largest absolute Gasteiger partial charge is 0.444 e. The first-order chi connectivity index (χ1) is 12.7. The maximum Gasteiger partial charge on any atom is 0.407 e. The molecular weight excluding hydrogens is 410 g/mol. The van der Waals surface area contributed by atoms with Crippen LogP contribution in [0.4, 0.5) is 4.79 Å². The number of ether oxygens (including phenoxy) is 1. The molecule has 1 unspecified atom stereocenters. The van der Waals surface area contributed by atoms with Gasteiger partial charge in [-0.1, -0.05) is 11.6 Å². The number of nitrogens with one attached hydrogen (secondary N) is 2. The highest BCUT2D eigenvalue weighted by atomic mass is 35.5. The molecule has 1 atom stereocenters. The summed E-state index contributed by atoms with van der Waals surface area (Å²) < 4.78 is 30.6. The molecule has 1 aromatic rings. The van der Waals surface area contributed by atoms with Crippen LogP contribution in [0.5, 0.6) is 0 Å². The Morgan fingerprint density at radius 1 is 1.25 bits per heavy atom. The van der Waals surface area contributed by atoms with Crippen LogP contribution in [-0.4, -0.2) is 57.1 Å². The third-order valence-electron chi connectivity index (χ3n) is 3.21. The molecule has 0 aliphatic carbocycles. The van der Waals surface area contributed by atoms with Crippen LogP contribution in [0.2, 0.25) is 5.02 Å². The van der Waals surface area contributed by atoms with Gasteiger partial charge in [-0.15, -0.1) is 0 Å². The summed E-state index contributed by atoms with van der Waals surface area (Å²) in [6, 6.07) is 3.42. The highest BCUT2D eigenvalue weighted by molar-refractivity contribution is 7.89. The first kappa shape index (κ1) is 24.2. The van der Waals surface area contributed by atoms with Crippen molar-refractivity contribution in [1.82, 2.24) is 15.1 Å². The van der Waals surface area contributed by atoms with Crippen molar-refractivity contribution in [2.45, 2.75) is 44.2 Å². The Bertz CT molecular complexity index is 821. The van der Waals surface area contributed by atoms with Crippen molar-refractivity contribution in [3.63, 3.8) is 0 Å². The van der Waals surface area contributed by atoms with Crippen molar-refractivity contribution in [3.8, 4) is 0 Å². The molecule has 0 aliphatic rings. The fourth-order valence-corrected chi connectivity index (χ4v) is 3.27. The van der Waals surface area contributed by atoms with Gasteiger partial charge in [0.1, 0.15) is 10.5 Å². The summed E-state index contributed by atoms with van der Waals surface area (Å²) in [5.74, 6) is -0.656. The summed E-state index contributed by atoms with van der Waals surface area (Å²) in [7, 11) is -1.08. The Balaban J connectivity index is 2.66. The lowest BCUT2D eigenvalue weighted by molar-refractivity contribution is 0.0190. The zero-order chi connectivity index (χ0) is 21.7. The molecule has 1 rings (SSSR count). The van der Waals surface area contributed by atoms with Crippen LogP contribution in [-0.2, 0) is 19.6 Å². The molecule has 0 aliphatic heterocycles. The molecule has 0 aromatic heterocycles. The number of carbonyl (C=O) groups excluding carboxylic acids is 2. The molecule has 0 spiro atoms. The van der Waals surface area contributed by atoms with Gasteiger partial charge in [-0.05, 0) is 45.9 Å². The van der Waals surface area contributed by atoms with Crippen molar-refractivity contribution in [1.29, 1.82) is 0 Å². The van der Waals surface area contributed by atoms with Gasteiger partial charge in [0.05, 0.1) is 17.7 Å². The van der Waals surface area contributed by atoms with Crippen molar-refractivity contribution in [2.75, 3.05) is 20.7 Å². The van der Waals surface area contributed by atoms with E-state index in [0.717, 1.165) is 4.31 Å². The molecule has 158 valence electrons. The van der Waals surface area contributed by atoms with Gasteiger partial charge < -0.3 is 10.1 Å². The Morgan fingerprint density at radius 2 is 1.86 bits per heavy atom. The molecule has 28 heavy (non-hydrogen) atoms. The van der Waals surface area contributed by atoms with Crippen LogP contribution in [0.1, 0.15) is 38.1 Å². The van der Waals surface area contributed by atoms with Gasteiger partial charge in [0.25, 0.3) is 5.91 Å². The van der Waals surface area contributed by atoms with E-state index >= 15 is 0 Å². The summed E-state index contributed by atoms with van der Waals surface area (Å²) in [6.07, 6.45) is -0.605. The number of alkyl carbamates (subject to hydrolysis) is 1. The summed E-state index contributed by atoms with van der Waals surface area (Å²) in [5, 5.41) is 2.56. The van der Waals surface area contributed by atoms with Crippen LogP contribution >= 0.6 is 11.6 Å².